The number of likely N-dealkylation sites (tertiary alicyclic amines) is 1. The topological polar surface area (TPSA) is 190 Å². The second kappa shape index (κ2) is 12.4. The van der Waals surface area contributed by atoms with Crippen LogP contribution in [-0.4, -0.2) is 78.6 Å². The Balaban J connectivity index is 1.41. The highest BCUT2D eigenvalue weighted by Crippen LogP contribution is 2.34. The predicted octanol–water partition coefficient (Wildman–Crippen LogP) is 1.49. The van der Waals surface area contributed by atoms with E-state index in [0.29, 0.717) is 24.1 Å². The lowest BCUT2D eigenvalue weighted by Crippen LogP contribution is -2.62. The number of nitrogens with one attached hydrogen (secondary N) is 2. The lowest BCUT2D eigenvalue weighted by atomic mass is 9.78. The summed E-state index contributed by atoms with van der Waals surface area (Å²) >= 11 is 0. The van der Waals surface area contributed by atoms with Gasteiger partial charge in [-0.25, -0.2) is 4.68 Å². The van der Waals surface area contributed by atoms with Crippen LogP contribution < -0.4 is 16.4 Å². The van der Waals surface area contributed by atoms with E-state index in [1.807, 2.05) is 30.3 Å². The molecule has 1 unspecified atom stereocenters. The highest BCUT2D eigenvalue weighted by atomic mass is 16.3. The minimum absolute atomic E-state index is 0.0241. The number of nitrogens with zero attached hydrogens (tertiary/aromatic N) is 4. The second-order valence-electron chi connectivity index (χ2n) is 12.6. The number of hydrogen-bond acceptors (Lipinski definition) is 8. The average Bonchev–Trinajstić information content (AvgIpc) is 3.69. The molecule has 2 aromatic carbocycles. The van der Waals surface area contributed by atoms with Crippen molar-refractivity contribution >= 4 is 40.2 Å². The van der Waals surface area contributed by atoms with Crippen molar-refractivity contribution in [3.63, 3.8) is 0 Å². The van der Waals surface area contributed by atoms with E-state index in [9.17, 15) is 29.1 Å². The smallest absolute Gasteiger partial charge is 0.287 e. The SMILES string of the molecule is CC(NC(=O)c1ccc2ccccc2c1)C(=O)N1C[C@@H](n2nncc2C(C)(C)O)C[C@H]1C(=O)NC1(C(=O)C(N)=O)CCCCC1. The molecule has 1 saturated carbocycles. The minimum Gasteiger partial charge on any atom is -0.384 e. The number of nitrogens with two attached hydrogens (primary N) is 1. The molecule has 5 N–H and O–H groups in total. The van der Waals surface area contributed by atoms with E-state index in [4.69, 9.17) is 5.73 Å². The number of Topliss-reactive ketones (excluding diaryl/α,β-unsaturated/α-hetero) is 1. The van der Waals surface area contributed by atoms with E-state index in [1.54, 1.807) is 32.9 Å². The molecule has 0 spiro atoms. The van der Waals surface area contributed by atoms with Gasteiger partial charge in [-0.2, -0.15) is 0 Å². The summed E-state index contributed by atoms with van der Waals surface area (Å²) < 4.78 is 1.50. The van der Waals surface area contributed by atoms with Crippen LogP contribution in [-0.2, 0) is 24.8 Å². The molecule has 238 valence electrons. The van der Waals surface area contributed by atoms with Gasteiger partial charge in [0.15, 0.2) is 0 Å². The maximum atomic E-state index is 14.0. The van der Waals surface area contributed by atoms with Crippen molar-refractivity contribution in [2.75, 3.05) is 6.54 Å². The molecule has 13 nitrogen and oxygen atoms in total. The fourth-order valence-electron chi connectivity index (χ4n) is 6.47. The van der Waals surface area contributed by atoms with Crippen LogP contribution in [0.3, 0.4) is 0 Å². The standard InChI is InChI=1S/C32H39N7O6/c1-19(35-28(42)22-12-11-20-9-5-6-10-21(20)15-22)30(44)38-18-23(39-25(17-34-37-39)31(2,3)45)16-24(38)29(43)36-32(26(40)27(33)41)13-7-4-8-14-32/h5-6,9-12,15,17,19,23-24,45H,4,7-8,13-14,16,18H2,1-3H3,(H2,33,41)(H,35,42)(H,36,43)/t19?,23-,24-/m0/s1. The number of primary amides is 1. The summed E-state index contributed by atoms with van der Waals surface area (Å²) in [6.45, 7) is 4.73. The molecule has 0 bridgehead atoms. The summed E-state index contributed by atoms with van der Waals surface area (Å²) in [6, 6.07) is 10.2. The summed E-state index contributed by atoms with van der Waals surface area (Å²) in [5, 5.41) is 26.2. The van der Waals surface area contributed by atoms with Crippen LogP contribution in [0.15, 0.2) is 48.7 Å². The molecule has 13 heteroatoms. The van der Waals surface area contributed by atoms with E-state index < -0.39 is 58.7 Å². The molecule has 1 saturated heterocycles. The third kappa shape index (κ3) is 6.44. The van der Waals surface area contributed by atoms with Crippen LogP contribution in [0.1, 0.15) is 81.4 Å². The number of carbonyl (C=O) groups is 5. The van der Waals surface area contributed by atoms with Gasteiger partial charge in [0, 0.05) is 18.5 Å². The maximum absolute atomic E-state index is 14.0. The van der Waals surface area contributed by atoms with Gasteiger partial charge in [0.2, 0.25) is 17.6 Å². The van der Waals surface area contributed by atoms with Gasteiger partial charge in [0.05, 0.1) is 17.9 Å². The van der Waals surface area contributed by atoms with E-state index in [1.165, 1.54) is 15.8 Å². The van der Waals surface area contributed by atoms with Crippen LogP contribution in [0.2, 0.25) is 0 Å². The highest BCUT2D eigenvalue weighted by Gasteiger charge is 2.48. The van der Waals surface area contributed by atoms with Crippen molar-refractivity contribution in [2.45, 2.75) is 88.6 Å². The van der Waals surface area contributed by atoms with Gasteiger partial charge in [0.1, 0.15) is 23.2 Å². The third-order valence-corrected chi connectivity index (χ3v) is 8.87. The molecule has 1 aliphatic carbocycles. The molecule has 45 heavy (non-hydrogen) atoms. The van der Waals surface area contributed by atoms with Gasteiger partial charge >= 0.3 is 0 Å². The number of aliphatic hydroxyl groups is 1. The summed E-state index contributed by atoms with van der Waals surface area (Å²) in [6.07, 6.45) is 4.14. The number of rotatable bonds is 9. The summed E-state index contributed by atoms with van der Waals surface area (Å²) in [5.41, 5.74) is 3.40. The molecule has 5 rings (SSSR count). The summed E-state index contributed by atoms with van der Waals surface area (Å²) in [5.74, 6) is -3.57. The zero-order chi connectivity index (χ0) is 32.5. The molecule has 3 atom stereocenters. The van der Waals surface area contributed by atoms with E-state index in [-0.39, 0.29) is 25.8 Å². The summed E-state index contributed by atoms with van der Waals surface area (Å²) in [7, 11) is 0. The Hall–Kier alpha value is -4.65. The Labute approximate surface area is 260 Å². The quantitative estimate of drug-likeness (QED) is 0.260. The van der Waals surface area contributed by atoms with Crippen LogP contribution in [0, 0.1) is 0 Å². The number of fused-ring (bicyclic) bond motifs is 1. The first-order valence-electron chi connectivity index (χ1n) is 15.2. The van der Waals surface area contributed by atoms with Gasteiger partial charge < -0.3 is 26.4 Å². The molecular formula is C32H39N7O6. The average molecular weight is 618 g/mol. The van der Waals surface area contributed by atoms with Crippen molar-refractivity contribution in [1.82, 2.24) is 30.5 Å². The van der Waals surface area contributed by atoms with Crippen LogP contribution in [0.25, 0.3) is 10.8 Å². The third-order valence-electron chi connectivity index (χ3n) is 8.87. The first-order valence-corrected chi connectivity index (χ1v) is 15.2. The van der Waals surface area contributed by atoms with Crippen LogP contribution in [0.4, 0.5) is 0 Å². The normalized spacial score (nSPS) is 20.4. The lowest BCUT2D eigenvalue weighted by Gasteiger charge is -2.37. The first-order chi connectivity index (χ1) is 21.3. The molecule has 2 aliphatic rings. The second-order valence-corrected chi connectivity index (χ2v) is 12.6. The highest BCUT2D eigenvalue weighted by molar-refractivity contribution is 6.39. The van der Waals surface area contributed by atoms with Gasteiger partial charge in [0.25, 0.3) is 11.8 Å². The van der Waals surface area contributed by atoms with Crippen LogP contribution in [0.5, 0.6) is 0 Å². The summed E-state index contributed by atoms with van der Waals surface area (Å²) in [4.78, 5) is 67.4. The number of benzene rings is 2. The van der Waals surface area contributed by atoms with Crippen molar-refractivity contribution in [1.29, 1.82) is 0 Å². The van der Waals surface area contributed by atoms with Gasteiger partial charge in [-0.3, -0.25) is 24.0 Å². The molecule has 2 heterocycles. The minimum atomic E-state index is -1.45. The van der Waals surface area contributed by atoms with Crippen molar-refractivity contribution in [3.05, 3.63) is 59.9 Å². The van der Waals surface area contributed by atoms with Crippen LogP contribution >= 0.6 is 0 Å². The molecule has 1 aliphatic heterocycles. The Bertz CT molecular complexity index is 1640. The zero-order valence-electron chi connectivity index (χ0n) is 25.7. The molecule has 2 fully saturated rings. The fraction of sp³-hybridized carbons (Fsp3) is 0.469. The number of ketones is 1. The molecule has 1 aromatic heterocycles. The Morgan fingerprint density at radius 1 is 1.04 bits per heavy atom. The van der Waals surface area contributed by atoms with Gasteiger partial charge in [-0.15, -0.1) is 5.10 Å². The van der Waals surface area contributed by atoms with E-state index in [2.05, 4.69) is 20.9 Å². The van der Waals surface area contributed by atoms with Crippen molar-refractivity contribution < 1.29 is 29.1 Å². The number of hydrogen-bond donors (Lipinski definition) is 4. The Morgan fingerprint density at radius 3 is 2.40 bits per heavy atom. The van der Waals surface area contributed by atoms with Crippen molar-refractivity contribution in [2.24, 2.45) is 5.73 Å². The number of amides is 4. The number of aromatic nitrogens is 3. The van der Waals surface area contributed by atoms with Crippen molar-refractivity contribution in [3.8, 4) is 0 Å². The molecule has 4 amide bonds. The van der Waals surface area contributed by atoms with E-state index in [0.717, 1.165) is 17.2 Å². The number of carbonyl (C=O) groups excluding carboxylic acids is 5. The monoisotopic (exact) mass is 617 g/mol. The van der Waals surface area contributed by atoms with Gasteiger partial charge in [-0.05, 0) is 56.5 Å². The van der Waals surface area contributed by atoms with Gasteiger partial charge in [-0.1, -0.05) is 54.8 Å². The first kappa shape index (κ1) is 31.8. The zero-order valence-corrected chi connectivity index (χ0v) is 25.7. The fourth-order valence-corrected chi connectivity index (χ4v) is 6.47. The predicted molar refractivity (Wildman–Crippen MR) is 163 cm³/mol. The Morgan fingerprint density at radius 2 is 1.73 bits per heavy atom. The Kier molecular flexibility index (Phi) is 8.74. The molecular weight excluding hydrogens is 578 g/mol. The molecule has 0 radical (unpaired) electrons. The lowest BCUT2D eigenvalue weighted by molar-refractivity contribution is -0.145. The largest absolute Gasteiger partial charge is 0.384 e. The molecule has 3 aromatic rings. The van der Waals surface area contributed by atoms with E-state index >= 15 is 0 Å². The maximum Gasteiger partial charge on any atom is 0.287 e.